The van der Waals surface area contributed by atoms with Gasteiger partial charge in [-0.3, -0.25) is 0 Å². The van der Waals surface area contributed by atoms with E-state index in [1.807, 2.05) is 23.6 Å². The number of fused-ring (bicyclic) bond motifs is 1. The number of imidazole rings is 1. The Morgan fingerprint density at radius 3 is 2.84 bits per heavy atom. The number of nitrogens with zero attached hydrogens (tertiary/aromatic N) is 2. The minimum absolute atomic E-state index is 0.00737. The monoisotopic (exact) mass is 295 g/mol. The minimum Gasteiger partial charge on any atom is -0.369 e. The molecule has 0 aliphatic carbocycles. The van der Waals surface area contributed by atoms with Gasteiger partial charge in [-0.05, 0) is 31.2 Å². The van der Waals surface area contributed by atoms with E-state index in [1.54, 1.807) is 6.07 Å². The maximum atomic E-state index is 13.2. The van der Waals surface area contributed by atoms with E-state index in [0.29, 0.717) is 11.5 Å². The summed E-state index contributed by atoms with van der Waals surface area (Å²) in [6, 6.07) is 8.32. The number of nitrogens with two attached hydrogens (primary N) is 1. The average Bonchev–Trinajstić information content (AvgIpc) is 2.91. The molecule has 1 unspecified atom stereocenters. The van der Waals surface area contributed by atoms with Crippen LogP contribution < -0.4 is 5.73 Å². The van der Waals surface area contributed by atoms with E-state index in [2.05, 4.69) is 4.98 Å². The molecule has 3 rings (SSSR count). The molecular formula is C13H11ClFN3S. The Bertz CT molecular complexity index is 750. The summed E-state index contributed by atoms with van der Waals surface area (Å²) in [5.41, 5.74) is 7.33. The zero-order chi connectivity index (χ0) is 13.6. The second-order valence-corrected chi connectivity index (χ2v) is 6.04. The van der Waals surface area contributed by atoms with Crippen LogP contribution in [0.5, 0.6) is 0 Å². The van der Waals surface area contributed by atoms with Crippen LogP contribution in [0.3, 0.4) is 0 Å². The van der Waals surface area contributed by atoms with Crippen molar-refractivity contribution >= 4 is 39.9 Å². The molecule has 0 bridgehead atoms. The molecule has 3 aromatic rings. The lowest BCUT2D eigenvalue weighted by Gasteiger charge is -2.14. The molecule has 0 aliphatic heterocycles. The lowest BCUT2D eigenvalue weighted by Crippen LogP contribution is -2.08. The van der Waals surface area contributed by atoms with E-state index in [9.17, 15) is 4.39 Å². The normalized spacial score (nSPS) is 13.0. The molecule has 1 aromatic carbocycles. The number of nitrogen functional groups attached to an aromatic ring is 1. The van der Waals surface area contributed by atoms with Gasteiger partial charge >= 0.3 is 0 Å². The Labute approximate surface area is 118 Å². The second kappa shape index (κ2) is 4.51. The van der Waals surface area contributed by atoms with Crippen LogP contribution in [0.4, 0.5) is 10.3 Å². The molecule has 98 valence electrons. The summed E-state index contributed by atoms with van der Waals surface area (Å²) in [6.45, 7) is 2.02. The Morgan fingerprint density at radius 1 is 1.37 bits per heavy atom. The van der Waals surface area contributed by atoms with Crippen molar-refractivity contribution in [1.29, 1.82) is 0 Å². The number of aromatic nitrogens is 2. The molecule has 0 saturated heterocycles. The van der Waals surface area contributed by atoms with Crippen LogP contribution >= 0.6 is 22.9 Å². The molecule has 3 nitrogen and oxygen atoms in total. The van der Waals surface area contributed by atoms with E-state index in [1.165, 1.54) is 23.5 Å². The summed E-state index contributed by atoms with van der Waals surface area (Å²) >= 11 is 7.46. The molecule has 6 heteroatoms. The predicted molar refractivity (Wildman–Crippen MR) is 77.2 cm³/mol. The first-order valence-electron chi connectivity index (χ1n) is 5.74. The van der Waals surface area contributed by atoms with E-state index < -0.39 is 0 Å². The van der Waals surface area contributed by atoms with E-state index in [-0.39, 0.29) is 11.9 Å². The van der Waals surface area contributed by atoms with Gasteiger partial charge in [-0.15, -0.1) is 11.3 Å². The molecule has 0 fully saturated rings. The predicted octanol–water partition coefficient (Wildman–Crippen LogP) is 4.08. The highest BCUT2D eigenvalue weighted by atomic mass is 35.5. The summed E-state index contributed by atoms with van der Waals surface area (Å²) in [6.07, 6.45) is 0. The third-order valence-corrected chi connectivity index (χ3v) is 4.47. The smallest absolute Gasteiger partial charge is 0.201 e. The Balaban J connectivity index is 2.16. The van der Waals surface area contributed by atoms with Gasteiger partial charge in [0.25, 0.3) is 0 Å². The molecule has 0 saturated carbocycles. The van der Waals surface area contributed by atoms with Crippen molar-refractivity contribution in [3.05, 3.63) is 45.4 Å². The molecule has 2 aromatic heterocycles. The van der Waals surface area contributed by atoms with Crippen LogP contribution in [0.25, 0.3) is 11.0 Å². The fraction of sp³-hybridized carbons (Fsp3) is 0.154. The fourth-order valence-corrected chi connectivity index (χ4v) is 3.28. The average molecular weight is 296 g/mol. The summed E-state index contributed by atoms with van der Waals surface area (Å²) < 4.78 is 15.8. The van der Waals surface area contributed by atoms with Crippen molar-refractivity contribution in [2.75, 3.05) is 5.73 Å². The number of thiophene rings is 1. The van der Waals surface area contributed by atoms with Gasteiger partial charge < -0.3 is 10.3 Å². The van der Waals surface area contributed by atoms with Crippen molar-refractivity contribution in [3.8, 4) is 0 Å². The summed E-state index contributed by atoms with van der Waals surface area (Å²) in [4.78, 5) is 5.28. The lowest BCUT2D eigenvalue weighted by atomic mass is 10.2. The van der Waals surface area contributed by atoms with Crippen LogP contribution in [-0.2, 0) is 0 Å². The highest BCUT2D eigenvalue weighted by Crippen LogP contribution is 2.33. The van der Waals surface area contributed by atoms with Gasteiger partial charge in [0.05, 0.1) is 21.4 Å². The van der Waals surface area contributed by atoms with Gasteiger partial charge in [0.1, 0.15) is 5.82 Å². The first kappa shape index (κ1) is 12.4. The third kappa shape index (κ3) is 2.09. The number of rotatable bonds is 2. The van der Waals surface area contributed by atoms with Gasteiger partial charge in [0.2, 0.25) is 5.95 Å². The van der Waals surface area contributed by atoms with E-state index in [0.717, 1.165) is 14.7 Å². The van der Waals surface area contributed by atoms with Crippen LogP contribution in [0, 0.1) is 5.82 Å². The minimum atomic E-state index is -0.316. The Kier molecular flexibility index (Phi) is 2.95. The molecule has 0 radical (unpaired) electrons. The highest BCUT2D eigenvalue weighted by molar-refractivity contribution is 7.16. The largest absolute Gasteiger partial charge is 0.369 e. The zero-order valence-electron chi connectivity index (χ0n) is 10.1. The SMILES string of the molecule is CC(c1ccc(Cl)s1)n1c(N)nc2cc(F)ccc21. The quantitative estimate of drug-likeness (QED) is 0.774. The van der Waals surface area contributed by atoms with Crippen molar-refractivity contribution in [1.82, 2.24) is 9.55 Å². The summed E-state index contributed by atoms with van der Waals surface area (Å²) in [5, 5.41) is 0. The Morgan fingerprint density at radius 2 is 2.16 bits per heavy atom. The molecule has 2 heterocycles. The number of hydrogen-bond donors (Lipinski definition) is 1. The lowest BCUT2D eigenvalue weighted by molar-refractivity contribution is 0.629. The summed E-state index contributed by atoms with van der Waals surface area (Å²) in [5.74, 6) is 0.0570. The third-order valence-electron chi connectivity index (χ3n) is 3.07. The number of benzene rings is 1. The fourth-order valence-electron chi connectivity index (χ4n) is 2.18. The van der Waals surface area contributed by atoms with Gasteiger partial charge in [-0.1, -0.05) is 11.6 Å². The van der Waals surface area contributed by atoms with Crippen LogP contribution in [0.15, 0.2) is 30.3 Å². The molecule has 0 amide bonds. The number of hydrogen-bond acceptors (Lipinski definition) is 3. The van der Waals surface area contributed by atoms with E-state index >= 15 is 0 Å². The van der Waals surface area contributed by atoms with Crippen molar-refractivity contribution < 1.29 is 4.39 Å². The van der Waals surface area contributed by atoms with E-state index in [4.69, 9.17) is 17.3 Å². The highest BCUT2D eigenvalue weighted by Gasteiger charge is 2.17. The molecular weight excluding hydrogens is 285 g/mol. The number of halogens is 2. The van der Waals surface area contributed by atoms with Gasteiger partial charge in [0, 0.05) is 10.9 Å². The first-order valence-corrected chi connectivity index (χ1v) is 6.94. The van der Waals surface area contributed by atoms with Crippen LogP contribution in [0.1, 0.15) is 17.8 Å². The topological polar surface area (TPSA) is 43.8 Å². The maximum Gasteiger partial charge on any atom is 0.201 e. The Hall–Kier alpha value is -1.59. The maximum absolute atomic E-state index is 13.2. The zero-order valence-corrected chi connectivity index (χ0v) is 11.7. The molecule has 2 N–H and O–H groups in total. The second-order valence-electron chi connectivity index (χ2n) is 4.29. The molecule has 19 heavy (non-hydrogen) atoms. The van der Waals surface area contributed by atoms with Crippen molar-refractivity contribution in [2.45, 2.75) is 13.0 Å². The summed E-state index contributed by atoms with van der Waals surface area (Å²) in [7, 11) is 0. The molecule has 0 spiro atoms. The van der Waals surface area contributed by atoms with Crippen LogP contribution in [0.2, 0.25) is 4.34 Å². The van der Waals surface area contributed by atoms with Gasteiger partial charge in [-0.2, -0.15) is 0 Å². The standard InChI is InChI=1S/C13H11ClFN3S/c1-7(11-4-5-12(14)19-11)18-10-3-2-8(15)6-9(10)17-13(18)16/h2-7H,1H3,(H2,16,17). The molecule has 1 atom stereocenters. The van der Waals surface area contributed by atoms with Gasteiger partial charge in [-0.25, -0.2) is 9.37 Å². The number of anilines is 1. The first-order chi connectivity index (χ1) is 9.06. The van der Waals surface area contributed by atoms with Crippen LogP contribution in [-0.4, -0.2) is 9.55 Å². The van der Waals surface area contributed by atoms with Gasteiger partial charge in [0.15, 0.2) is 0 Å². The van der Waals surface area contributed by atoms with Crippen molar-refractivity contribution in [3.63, 3.8) is 0 Å². The molecule has 0 aliphatic rings. The van der Waals surface area contributed by atoms with Crippen molar-refractivity contribution in [2.24, 2.45) is 0 Å².